The number of hydrogen-bond acceptors (Lipinski definition) is 8. The van der Waals surface area contributed by atoms with Gasteiger partial charge in [0.1, 0.15) is 4.75 Å². The van der Waals surface area contributed by atoms with Crippen LogP contribution in [0.1, 0.15) is 64.2 Å². The fraction of sp³-hybridized carbons (Fsp3) is 0.714. The first kappa shape index (κ1) is 31.0. The Balaban J connectivity index is 0.000000613. The summed E-state index contributed by atoms with van der Waals surface area (Å²) in [5.74, 6) is -2.35. The number of urea groups is 1. The lowest BCUT2D eigenvalue weighted by Crippen LogP contribution is -2.56. The molecule has 0 aromatic rings. The predicted molar refractivity (Wildman–Crippen MR) is 128 cm³/mol. The van der Waals surface area contributed by atoms with E-state index in [0.29, 0.717) is 44.4 Å². The Morgan fingerprint density at radius 3 is 2.17 bits per heavy atom. The van der Waals surface area contributed by atoms with E-state index in [1.807, 2.05) is 0 Å². The molecule has 0 aliphatic carbocycles. The number of unbranched alkanes of at least 4 members (excludes halogenated alkanes) is 3. The molecule has 2 heterocycles. The summed E-state index contributed by atoms with van der Waals surface area (Å²) in [4.78, 5) is 66.0. The largest absolute Gasteiger partial charge is 0.481 e. The Labute approximate surface area is 212 Å². The van der Waals surface area contributed by atoms with E-state index in [1.54, 1.807) is 0 Å². The first-order valence-corrected chi connectivity index (χ1v) is 12.6. The van der Waals surface area contributed by atoms with E-state index in [4.69, 9.17) is 21.2 Å². The summed E-state index contributed by atoms with van der Waals surface area (Å²) < 4.78 is -0.802. The summed E-state index contributed by atoms with van der Waals surface area (Å²) in [5.41, 5.74) is 6.07. The topological polar surface area (TPSA) is 237 Å². The van der Waals surface area contributed by atoms with E-state index in [2.05, 4.69) is 16.0 Å². The number of carbonyl (C=O) groups is 6. The van der Waals surface area contributed by atoms with Gasteiger partial charge in [-0.3, -0.25) is 29.2 Å². The number of aliphatic carboxylic acids is 2. The molecule has 2 saturated heterocycles. The number of hydrogen-bond donors (Lipinski definition) is 8. The van der Waals surface area contributed by atoms with Crippen LogP contribution in [0.25, 0.3) is 0 Å². The summed E-state index contributed by atoms with van der Waals surface area (Å²) in [7, 11) is 0. The maximum atomic E-state index is 13.0. The third kappa shape index (κ3) is 10.7. The number of carboxylic acid groups (broad SMARTS) is 2. The van der Waals surface area contributed by atoms with Gasteiger partial charge in [0.05, 0.1) is 12.1 Å². The molecule has 14 nitrogen and oxygen atoms in total. The van der Waals surface area contributed by atoms with Crippen LogP contribution in [0.3, 0.4) is 0 Å². The van der Waals surface area contributed by atoms with Gasteiger partial charge in [-0.05, 0) is 25.7 Å². The van der Waals surface area contributed by atoms with Crippen LogP contribution in [0, 0.1) is 0 Å². The molecule has 0 saturated carbocycles. The number of carbonyl (C=O) groups excluding carboxylic acids is 4. The molecule has 0 aromatic heterocycles. The van der Waals surface area contributed by atoms with Gasteiger partial charge in [-0.1, -0.05) is 12.8 Å². The second kappa shape index (κ2) is 15.8. The number of nitrogens with two attached hydrogens (primary N) is 1. The molecule has 0 spiro atoms. The maximum absolute atomic E-state index is 13.0. The minimum absolute atomic E-state index is 0.0353. The summed E-state index contributed by atoms with van der Waals surface area (Å²) in [5, 5.41) is 33.9. The second-order valence-electron chi connectivity index (χ2n) is 8.46. The molecule has 2 rings (SSSR count). The number of thioether (sulfide) groups is 1. The summed E-state index contributed by atoms with van der Waals surface area (Å²) in [6.07, 6.45) is 3.64. The van der Waals surface area contributed by atoms with Gasteiger partial charge >= 0.3 is 18.0 Å². The summed E-state index contributed by atoms with van der Waals surface area (Å²) >= 11 is 1.51. The minimum atomic E-state index is -0.859. The van der Waals surface area contributed by atoms with Crippen LogP contribution >= 0.6 is 11.8 Å². The van der Waals surface area contributed by atoms with Crippen LogP contribution in [-0.4, -0.2) is 80.2 Å². The highest BCUT2D eigenvalue weighted by molar-refractivity contribution is 8.01. The van der Waals surface area contributed by atoms with Crippen LogP contribution in [0.5, 0.6) is 0 Å². The van der Waals surface area contributed by atoms with Crippen molar-refractivity contribution in [3.63, 3.8) is 0 Å². The van der Waals surface area contributed by atoms with Crippen molar-refractivity contribution in [2.24, 2.45) is 5.73 Å². The zero-order valence-electron chi connectivity index (χ0n) is 19.9. The number of amides is 5. The zero-order valence-corrected chi connectivity index (χ0v) is 20.7. The Morgan fingerprint density at radius 2 is 1.58 bits per heavy atom. The van der Waals surface area contributed by atoms with Crippen LogP contribution in [-0.2, 0) is 24.0 Å². The number of hydroxylamine groups is 1. The lowest BCUT2D eigenvalue weighted by atomic mass is 9.88. The van der Waals surface area contributed by atoms with Crippen molar-refractivity contribution in [3.8, 4) is 0 Å². The van der Waals surface area contributed by atoms with E-state index in [0.717, 1.165) is 6.42 Å². The Hall–Kier alpha value is -3.07. The molecule has 0 radical (unpaired) electrons. The first-order chi connectivity index (χ1) is 17.0. The van der Waals surface area contributed by atoms with E-state index >= 15 is 0 Å². The molecule has 2 fully saturated rings. The van der Waals surface area contributed by atoms with Gasteiger partial charge in [-0.15, -0.1) is 11.8 Å². The first-order valence-electron chi connectivity index (χ1n) is 11.7. The average molecular weight is 534 g/mol. The second-order valence-corrected chi connectivity index (χ2v) is 9.82. The van der Waals surface area contributed by atoms with Crippen LogP contribution in [0.4, 0.5) is 4.79 Å². The average Bonchev–Trinajstić information content (AvgIpc) is 3.35. The quantitative estimate of drug-likeness (QED) is 0.0591. The van der Waals surface area contributed by atoms with Gasteiger partial charge < -0.3 is 31.9 Å². The molecule has 3 atom stereocenters. The van der Waals surface area contributed by atoms with Gasteiger partial charge in [0.15, 0.2) is 0 Å². The number of fused-ring (bicyclic) bond motifs is 1. The molecule has 15 heteroatoms. The molecule has 0 bridgehead atoms. The Bertz CT molecular complexity index is 813. The standard InChI is InChI=1S/C17H27N3O6S.C4H8N2O3/c21-12(22)6-2-1-5-9-18-15(25)17(8-4-3-7-13(23)24)14-11(10-27-17)19-16(26)20-14;5-3(7)1-2-4(8)6-9/h11,14H,1-10H2,(H,18,25)(H,21,22)(H,23,24)(H2,19,20,26);9H,1-2H2,(H2,5,7)(H,6,8)/t11-,14-,17-;/m0./s1. The van der Waals surface area contributed by atoms with Crippen molar-refractivity contribution in [3.05, 3.63) is 0 Å². The van der Waals surface area contributed by atoms with Gasteiger partial charge in [0.2, 0.25) is 17.7 Å². The highest BCUT2D eigenvalue weighted by atomic mass is 32.2. The SMILES string of the molecule is NC(=O)CCC(=O)NO.O=C(O)CCCCCNC(=O)[C@@]1(CCCCC(=O)O)SC[C@@H]2NC(=O)N[C@@H]21. The van der Waals surface area contributed by atoms with Gasteiger partial charge in [0.25, 0.3) is 0 Å². The molecule has 2 aliphatic heterocycles. The van der Waals surface area contributed by atoms with E-state index in [-0.39, 0.29) is 49.7 Å². The Kier molecular flexibility index (Phi) is 13.6. The molecule has 204 valence electrons. The highest BCUT2D eigenvalue weighted by Crippen LogP contribution is 2.44. The monoisotopic (exact) mass is 533 g/mol. The molecule has 9 N–H and O–H groups in total. The molecule has 0 aromatic carbocycles. The highest BCUT2D eigenvalue weighted by Gasteiger charge is 2.57. The summed E-state index contributed by atoms with van der Waals surface area (Å²) in [6, 6.07) is -0.697. The smallest absolute Gasteiger partial charge is 0.315 e. The molecule has 36 heavy (non-hydrogen) atoms. The van der Waals surface area contributed by atoms with E-state index < -0.39 is 28.5 Å². The predicted octanol–water partition coefficient (Wildman–Crippen LogP) is -0.314. The lowest BCUT2D eigenvalue weighted by Gasteiger charge is -2.32. The third-order valence-corrected chi connectivity index (χ3v) is 7.36. The zero-order chi connectivity index (χ0) is 27.1. The Morgan fingerprint density at radius 1 is 0.944 bits per heavy atom. The van der Waals surface area contributed by atoms with Crippen molar-refractivity contribution in [2.45, 2.75) is 81.0 Å². The normalized spacial score (nSPS) is 21.8. The maximum Gasteiger partial charge on any atom is 0.315 e. The van der Waals surface area contributed by atoms with Crippen LogP contribution in [0.15, 0.2) is 0 Å². The van der Waals surface area contributed by atoms with Crippen LogP contribution < -0.4 is 27.2 Å². The van der Waals surface area contributed by atoms with E-state index in [1.165, 1.54) is 17.2 Å². The van der Waals surface area contributed by atoms with Crippen molar-refractivity contribution < 1.29 is 44.2 Å². The number of primary amides is 1. The van der Waals surface area contributed by atoms with Gasteiger partial charge in [0, 0.05) is 38.0 Å². The van der Waals surface area contributed by atoms with Crippen LogP contribution in [0.2, 0.25) is 0 Å². The van der Waals surface area contributed by atoms with Gasteiger partial charge in [-0.25, -0.2) is 10.3 Å². The molecular weight excluding hydrogens is 498 g/mol. The van der Waals surface area contributed by atoms with Crippen molar-refractivity contribution in [1.82, 2.24) is 21.4 Å². The number of nitrogens with one attached hydrogen (secondary N) is 4. The fourth-order valence-electron chi connectivity index (χ4n) is 3.88. The van der Waals surface area contributed by atoms with Crippen molar-refractivity contribution in [2.75, 3.05) is 12.3 Å². The summed E-state index contributed by atoms with van der Waals surface area (Å²) in [6.45, 7) is 0.453. The van der Waals surface area contributed by atoms with E-state index in [9.17, 15) is 28.8 Å². The van der Waals surface area contributed by atoms with Gasteiger partial charge in [-0.2, -0.15) is 0 Å². The molecule has 2 aliphatic rings. The van der Waals surface area contributed by atoms with Crippen molar-refractivity contribution in [1.29, 1.82) is 0 Å². The number of rotatable bonds is 15. The third-order valence-electron chi connectivity index (χ3n) is 5.68. The lowest BCUT2D eigenvalue weighted by molar-refractivity contribution is -0.138. The molecule has 0 unspecified atom stereocenters. The minimum Gasteiger partial charge on any atom is -0.481 e. The number of carboxylic acids is 2. The van der Waals surface area contributed by atoms with Crippen molar-refractivity contribution >= 4 is 47.5 Å². The molecular formula is C21H35N5O9S. The fourth-order valence-corrected chi connectivity index (χ4v) is 5.52. The molecule has 5 amide bonds.